The minimum absolute atomic E-state index is 0.316. The summed E-state index contributed by atoms with van der Waals surface area (Å²) in [6.07, 6.45) is 7.43. The van der Waals surface area contributed by atoms with Crippen molar-refractivity contribution < 1.29 is 5.11 Å². The number of hydrogen-bond donors (Lipinski definition) is 3. The van der Waals surface area contributed by atoms with Crippen LogP contribution in [0.3, 0.4) is 0 Å². The van der Waals surface area contributed by atoms with Crippen LogP contribution in [0.25, 0.3) is 4.96 Å². The van der Waals surface area contributed by atoms with Crippen molar-refractivity contribution in [2.24, 2.45) is 12.0 Å². The first-order chi connectivity index (χ1) is 11.5. The van der Waals surface area contributed by atoms with Gasteiger partial charge in [-0.3, -0.25) is 14.1 Å². The molecule has 3 rings (SSSR count). The molecule has 3 aromatic rings. The molecule has 3 heterocycles. The first kappa shape index (κ1) is 16.5. The highest BCUT2D eigenvalue weighted by molar-refractivity contribution is 7.15. The van der Waals surface area contributed by atoms with Crippen LogP contribution in [0.2, 0.25) is 0 Å². The van der Waals surface area contributed by atoms with Crippen molar-refractivity contribution >= 4 is 22.3 Å². The molecule has 0 amide bonds. The molecule has 0 aliphatic rings. The number of aliphatic hydroxyl groups is 1. The zero-order chi connectivity index (χ0) is 17.2. The fourth-order valence-corrected chi connectivity index (χ4v) is 3.03. The van der Waals surface area contributed by atoms with Crippen LogP contribution in [0, 0.1) is 0 Å². The fourth-order valence-electron chi connectivity index (χ4n) is 2.31. The Bertz CT molecular complexity index is 816. The van der Waals surface area contributed by atoms with Gasteiger partial charge in [0.2, 0.25) is 0 Å². The van der Waals surface area contributed by atoms with E-state index in [1.807, 2.05) is 29.2 Å². The molecule has 0 aliphatic heterocycles. The smallest absolute Gasteiger partial charge is 0.193 e. The molecule has 0 fully saturated rings. The van der Waals surface area contributed by atoms with Crippen molar-refractivity contribution in [3.63, 3.8) is 0 Å². The number of fused-ring (bicyclic) bond motifs is 1. The molecule has 3 aromatic heterocycles. The van der Waals surface area contributed by atoms with E-state index in [4.69, 9.17) is 0 Å². The lowest BCUT2D eigenvalue weighted by Crippen LogP contribution is -2.44. The third-order valence-corrected chi connectivity index (χ3v) is 4.50. The lowest BCUT2D eigenvalue weighted by Gasteiger charge is -2.23. The zero-order valence-corrected chi connectivity index (χ0v) is 14.7. The van der Waals surface area contributed by atoms with Gasteiger partial charge in [0.25, 0.3) is 0 Å². The van der Waals surface area contributed by atoms with E-state index in [0.717, 1.165) is 16.2 Å². The second kappa shape index (κ2) is 6.62. The number of rotatable bonds is 5. The summed E-state index contributed by atoms with van der Waals surface area (Å²) in [7, 11) is 3.52. The molecule has 0 aliphatic carbocycles. The first-order valence-corrected chi connectivity index (χ1v) is 8.43. The Labute approximate surface area is 143 Å². The summed E-state index contributed by atoms with van der Waals surface area (Å²) in [5.41, 5.74) is 0.647. The van der Waals surface area contributed by atoms with Crippen LogP contribution >= 0.6 is 11.3 Å². The fraction of sp³-hybridized carbons (Fsp3) is 0.400. The van der Waals surface area contributed by atoms with Crippen molar-refractivity contribution in [2.75, 3.05) is 13.6 Å². The SMILES string of the molecule is CN=C(NCc1cn2ccsc2n1)NCC(C)(O)c1cnn(C)c1. The number of imidazole rings is 1. The monoisotopic (exact) mass is 347 g/mol. The summed E-state index contributed by atoms with van der Waals surface area (Å²) < 4.78 is 3.66. The highest BCUT2D eigenvalue weighted by Gasteiger charge is 2.25. The van der Waals surface area contributed by atoms with Gasteiger partial charge in [-0.25, -0.2) is 4.98 Å². The van der Waals surface area contributed by atoms with E-state index in [9.17, 15) is 5.11 Å². The van der Waals surface area contributed by atoms with Crippen LogP contribution < -0.4 is 10.6 Å². The summed E-state index contributed by atoms with van der Waals surface area (Å²) in [4.78, 5) is 9.66. The van der Waals surface area contributed by atoms with Gasteiger partial charge < -0.3 is 15.7 Å². The molecule has 1 atom stereocenters. The summed E-state index contributed by atoms with van der Waals surface area (Å²) in [5.74, 6) is 0.607. The van der Waals surface area contributed by atoms with E-state index in [2.05, 4.69) is 25.7 Å². The van der Waals surface area contributed by atoms with Gasteiger partial charge in [0.05, 0.1) is 25.0 Å². The van der Waals surface area contributed by atoms with E-state index >= 15 is 0 Å². The molecule has 0 spiro atoms. The number of aryl methyl sites for hydroxylation is 1. The van der Waals surface area contributed by atoms with Gasteiger partial charge in [-0.15, -0.1) is 11.3 Å². The van der Waals surface area contributed by atoms with E-state index in [1.54, 1.807) is 42.4 Å². The van der Waals surface area contributed by atoms with Crippen LogP contribution in [0.4, 0.5) is 0 Å². The Morgan fingerprint density at radius 1 is 1.42 bits per heavy atom. The molecule has 0 aromatic carbocycles. The van der Waals surface area contributed by atoms with Crippen LogP contribution in [-0.4, -0.2) is 43.8 Å². The number of aliphatic imine (C=N–C) groups is 1. The van der Waals surface area contributed by atoms with Crippen molar-refractivity contribution in [3.8, 4) is 0 Å². The summed E-state index contributed by atoms with van der Waals surface area (Å²) in [5, 5.41) is 23.0. The molecular weight excluding hydrogens is 326 g/mol. The van der Waals surface area contributed by atoms with Crippen molar-refractivity contribution in [3.05, 3.63) is 41.4 Å². The number of aromatic nitrogens is 4. The van der Waals surface area contributed by atoms with Crippen molar-refractivity contribution in [1.29, 1.82) is 0 Å². The number of thiazole rings is 1. The molecular formula is C15H21N7OS. The Morgan fingerprint density at radius 3 is 2.92 bits per heavy atom. The molecule has 9 heteroatoms. The minimum atomic E-state index is -1.04. The lowest BCUT2D eigenvalue weighted by molar-refractivity contribution is 0.0616. The predicted octanol–water partition coefficient (Wildman–Crippen LogP) is 0.702. The van der Waals surface area contributed by atoms with E-state index in [1.165, 1.54) is 0 Å². The van der Waals surface area contributed by atoms with Gasteiger partial charge in [-0.1, -0.05) is 0 Å². The Kier molecular flexibility index (Phi) is 4.54. The van der Waals surface area contributed by atoms with Gasteiger partial charge in [0, 0.05) is 43.6 Å². The summed E-state index contributed by atoms with van der Waals surface area (Å²) >= 11 is 1.60. The lowest BCUT2D eigenvalue weighted by atomic mass is 10.00. The number of nitrogens with zero attached hydrogens (tertiary/aromatic N) is 5. The highest BCUT2D eigenvalue weighted by Crippen LogP contribution is 2.18. The van der Waals surface area contributed by atoms with Gasteiger partial charge >= 0.3 is 0 Å². The van der Waals surface area contributed by atoms with E-state index in [0.29, 0.717) is 19.0 Å². The Morgan fingerprint density at radius 2 is 2.25 bits per heavy atom. The standard InChI is InChI=1S/C15H21N7OS/c1-15(23,11-6-19-21(3)8-11)10-18-13(16-2)17-7-12-9-22-4-5-24-14(22)20-12/h4-6,8-9,23H,7,10H2,1-3H3,(H2,16,17,18). The van der Waals surface area contributed by atoms with Gasteiger partial charge in [-0.05, 0) is 6.92 Å². The van der Waals surface area contributed by atoms with Crippen LogP contribution in [0.1, 0.15) is 18.2 Å². The molecule has 0 saturated heterocycles. The summed E-state index contributed by atoms with van der Waals surface area (Å²) in [6, 6.07) is 0. The Balaban J connectivity index is 1.55. The second-order valence-electron chi connectivity index (χ2n) is 5.78. The first-order valence-electron chi connectivity index (χ1n) is 7.55. The largest absolute Gasteiger partial charge is 0.383 e. The molecule has 8 nitrogen and oxygen atoms in total. The van der Waals surface area contributed by atoms with Gasteiger partial charge in [0.1, 0.15) is 5.60 Å². The van der Waals surface area contributed by atoms with Crippen LogP contribution in [0.15, 0.2) is 35.2 Å². The highest BCUT2D eigenvalue weighted by atomic mass is 32.1. The normalized spacial score (nSPS) is 14.8. The molecule has 3 N–H and O–H groups in total. The van der Waals surface area contributed by atoms with Gasteiger partial charge in [-0.2, -0.15) is 5.10 Å². The third kappa shape index (κ3) is 3.57. The van der Waals surface area contributed by atoms with Crippen LogP contribution in [-0.2, 0) is 19.2 Å². The average Bonchev–Trinajstić information content (AvgIpc) is 3.23. The Hall–Kier alpha value is -2.39. The maximum atomic E-state index is 10.6. The zero-order valence-electron chi connectivity index (χ0n) is 13.9. The predicted molar refractivity (Wildman–Crippen MR) is 94.0 cm³/mol. The molecule has 0 radical (unpaired) electrons. The second-order valence-corrected chi connectivity index (χ2v) is 6.65. The van der Waals surface area contributed by atoms with Crippen molar-refractivity contribution in [2.45, 2.75) is 19.1 Å². The minimum Gasteiger partial charge on any atom is -0.383 e. The average molecular weight is 347 g/mol. The van der Waals surface area contributed by atoms with Crippen LogP contribution in [0.5, 0.6) is 0 Å². The molecule has 0 saturated carbocycles. The molecule has 24 heavy (non-hydrogen) atoms. The molecule has 128 valence electrons. The number of guanidine groups is 1. The number of nitrogens with one attached hydrogen (secondary N) is 2. The maximum Gasteiger partial charge on any atom is 0.193 e. The van der Waals surface area contributed by atoms with E-state index in [-0.39, 0.29) is 0 Å². The molecule has 0 bridgehead atoms. The summed E-state index contributed by atoms with van der Waals surface area (Å²) in [6.45, 7) is 2.62. The van der Waals surface area contributed by atoms with Crippen molar-refractivity contribution in [1.82, 2.24) is 29.8 Å². The maximum absolute atomic E-state index is 10.6. The quantitative estimate of drug-likeness (QED) is 0.467. The van der Waals surface area contributed by atoms with E-state index < -0.39 is 5.60 Å². The topological polar surface area (TPSA) is 91.8 Å². The number of hydrogen-bond acceptors (Lipinski definition) is 5. The third-order valence-electron chi connectivity index (χ3n) is 3.73. The molecule has 1 unspecified atom stereocenters. The van der Waals surface area contributed by atoms with Gasteiger partial charge in [0.15, 0.2) is 10.9 Å².